The van der Waals surface area contributed by atoms with Gasteiger partial charge in [-0.1, -0.05) is 6.07 Å². The molecule has 29 heavy (non-hydrogen) atoms. The maximum absolute atomic E-state index is 12.9. The molecule has 1 aromatic rings. The van der Waals surface area contributed by atoms with Crippen LogP contribution < -0.4 is 19.9 Å². The maximum Gasteiger partial charge on any atom is 0.340 e. The minimum atomic E-state index is -0.791. The van der Waals surface area contributed by atoms with Gasteiger partial charge in [0.2, 0.25) is 11.6 Å². The molecule has 0 amide bonds. The van der Waals surface area contributed by atoms with E-state index in [1.54, 1.807) is 19.1 Å². The quantitative estimate of drug-likeness (QED) is 0.723. The van der Waals surface area contributed by atoms with E-state index in [-0.39, 0.29) is 23.8 Å². The molecule has 0 radical (unpaired) electrons. The lowest BCUT2D eigenvalue weighted by molar-refractivity contribution is -0.139. The Bertz CT molecular complexity index is 901. The first kappa shape index (κ1) is 20.6. The number of allylic oxidation sites excluding steroid dienone is 2. The fraction of sp³-hybridized carbons (Fsp3) is 0.429. The molecule has 1 heterocycles. The van der Waals surface area contributed by atoms with E-state index in [4.69, 9.17) is 29.4 Å². The highest BCUT2D eigenvalue weighted by Gasteiger charge is 2.43. The number of hydrogen-bond acceptors (Lipinski definition) is 8. The van der Waals surface area contributed by atoms with Gasteiger partial charge in [-0.25, -0.2) is 4.79 Å². The molecule has 0 saturated heterocycles. The van der Waals surface area contributed by atoms with E-state index in [1.165, 1.54) is 21.3 Å². The topological polar surface area (TPSA) is 106 Å². The Morgan fingerprint density at radius 2 is 1.86 bits per heavy atom. The lowest BCUT2D eigenvalue weighted by atomic mass is 9.76. The fourth-order valence-electron chi connectivity index (χ4n) is 3.83. The zero-order chi connectivity index (χ0) is 21.1. The Morgan fingerprint density at radius 3 is 2.48 bits per heavy atom. The zero-order valence-electron chi connectivity index (χ0n) is 17.0. The molecule has 0 aromatic heterocycles. The third-order valence-electron chi connectivity index (χ3n) is 5.03. The van der Waals surface area contributed by atoms with E-state index >= 15 is 0 Å². The van der Waals surface area contributed by atoms with Crippen molar-refractivity contribution in [2.75, 3.05) is 27.9 Å². The number of nitrogens with two attached hydrogens (primary N) is 1. The van der Waals surface area contributed by atoms with Crippen LogP contribution >= 0.6 is 0 Å². The molecular formula is C21H25NO7. The second-order valence-electron chi connectivity index (χ2n) is 6.57. The van der Waals surface area contributed by atoms with Gasteiger partial charge in [0, 0.05) is 24.0 Å². The Kier molecular flexibility index (Phi) is 6.00. The molecule has 3 rings (SSSR count). The number of methoxy groups -OCH3 is 3. The summed E-state index contributed by atoms with van der Waals surface area (Å²) in [7, 11) is 4.48. The second-order valence-corrected chi connectivity index (χ2v) is 6.57. The third kappa shape index (κ3) is 3.50. The predicted octanol–water partition coefficient (Wildman–Crippen LogP) is 2.57. The number of esters is 1. The van der Waals surface area contributed by atoms with E-state index in [0.29, 0.717) is 53.4 Å². The maximum atomic E-state index is 12.9. The molecule has 0 bridgehead atoms. The summed E-state index contributed by atoms with van der Waals surface area (Å²) in [4.78, 5) is 25.7. The van der Waals surface area contributed by atoms with Crippen LogP contribution in [0, 0.1) is 0 Å². The van der Waals surface area contributed by atoms with E-state index < -0.39 is 11.9 Å². The van der Waals surface area contributed by atoms with Crippen LogP contribution in [0.1, 0.15) is 37.7 Å². The summed E-state index contributed by atoms with van der Waals surface area (Å²) in [5.74, 6) is 0.0376. The molecule has 1 atom stereocenters. The van der Waals surface area contributed by atoms with E-state index in [1.807, 2.05) is 0 Å². The molecule has 1 aromatic carbocycles. The van der Waals surface area contributed by atoms with Gasteiger partial charge in [-0.2, -0.15) is 0 Å². The predicted molar refractivity (Wildman–Crippen MR) is 104 cm³/mol. The second kappa shape index (κ2) is 8.46. The first-order chi connectivity index (χ1) is 14.0. The van der Waals surface area contributed by atoms with Gasteiger partial charge in [-0.15, -0.1) is 0 Å². The van der Waals surface area contributed by atoms with Crippen LogP contribution in [0.5, 0.6) is 17.2 Å². The average molecular weight is 403 g/mol. The summed E-state index contributed by atoms with van der Waals surface area (Å²) >= 11 is 0. The summed E-state index contributed by atoms with van der Waals surface area (Å²) in [5, 5.41) is 0. The largest absolute Gasteiger partial charge is 0.493 e. The smallest absolute Gasteiger partial charge is 0.340 e. The molecule has 0 fully saturated rings. The van der Waals surface area contributed by atoms with Crippen molar-refractivity contribution in [3.8, 4) is 17.2 Å². The number of rotatable bonds is 6. The molecule has 0 unspecified atom stereocenters. The van der Waals surface area contributed by atoms with Gasteiger partial charge < -0.3 is 29.4 Å². The van der Waals surface area contributed by atoms with Crippen LogP contribution in [-0.2, 0) is 19.1 Å². The van der Waals surface area contributed by atoms with Crippen LogP contribution in [-0.4, -0.2) is 39.7 Å². The van der Waals surface area contributed by atoms with Gasteiger partial charge in [0.25, 0.3) is 0 Å². The van der Waals surface area contributed by atoms with Crippen molar-refractivity contribution in [2.45, 2.75) is 32.1 Å². The standard InChI is InChI=1S/C21H25NO7/c1-5-28-21(24)17-15(16-12(23)7-6-8-13(16)29-20(17)22)11-9-10-14(25-2)19(27-4)18(11)26-3/h9-10,15H,5-8,22H2,1-4H3/t15-/m0/s1. The molecule has 0 saturated carbocycles. The summed E-state index contributed by atoms with van der Waals surface area (Å²) in [6.45, 7) is 1.85. The highest BCUT2D eigenvalue weighted by molar-refractivity contribution is 6.03. The van der Waals surface area contributed by atoms with E-state index in [2.05, 4.69) is 0 Å². The lowest BCUT2D eigenvalue weighted by Gasteiger charge is -2.33. The van der Waals surface area contributed by atoms with Gasteiger partial charge >= 0.3 is 5.97 Å². The van der Waals surface area contributed by atoms with Crippen LogP contribution in [0.3, 0.4) is 0 Å². The normalized spacial score (nSPS) is 18.8. The average Bonchev–Trinajstić information content (AvgIpc) is 2.71. The summed E-state index contributed by atoms with van der Waals surface area (Å²) in [6, 6.07) is 3.42. The monoisotopic (exact) mass is 403 g/mol. The zero-order valence-corrected chi connectivity index (χ0v) is 17.0. The summed E-state index contributed by atoms with van der Waals surface area (Å²) in [5.41, 5.74) is 7.14. The molecule has 8 nitrogen and oxygen atoms in total. The fourth-order valence-corrected chi connectivity index (χ4v) is 3.83. The van der Waals surface area contributed by atoms with Crippen molar-refractivity contribution in [3.05, 3.63) is 40.5 Å². The van der Waals surface area contributed by atoms with Gasteiger partial charge in [0.1, 0.15) is 11.3 Å². The Balaban J connectivity index is 2.28. The van der Waals surface area contributed by atoms with E-state index in [9.17, 15) is 9.59 Å². The first-order valence-corrected chi connectivity index (χ1v) is 9.38. The molecule has 1 aliphatic heterocycles. The highest BCUT2D eigenvalue weighted by atomic mass is 16.5. The number of Topliss-reactive ketones (excluding diaryl/α,β-unsaturated/α-hetero) is 1. The van der Waals surface area contributed by atoms with Crippen molar-refractivity contribution < 1.29 is 33.3 Å². The van der Waals surface area contributed by atoms with Gasteiger partial charge in [0.15, 0.2) is 17.3 Å². The Hall–Kier alpha value is -3.16. The van der Waals surface area contributed by atoms with Crippen LogP contribution in [0.25, 0.3) is 0 Å². The van der Waals surface area contributed by atoms with Crippen molar-refractivity contribution in [3.63, 3.8) is 0 Å². The van der Waals surface area contributed by atoms with Gasteiger partial charge in [-0.3, -0.25) is 4.79 Å². The highest BCUT2D eigenvalue weighted by Crippen LogP contribution is 2.50. The minimum absolute atomic E-state index is 0.0706. The first-order valence-electron chi connectivity index (χ1n) is 9.38. The summed E-state index contributed by atoms with van der Waals surface area (Å²) in [6.07, 6.45) is 1.59. The third-order valence-corrected chi connectivity index (χ3v) is 5.03. The molecular weight excluding hydrogens is 378 g/mol. The van der Waals surface area contributed by atoms with E-state index in [0.717, 1.165) is 0 Å². The number of ether oxygens (including phenoxy) is 5. The van der Waals surface area contributed by atoms with Crippen molar-refractivity contribution in [1.82, 2.24) is 0 Å². The van der Waals surface area contributed by atoms with Crippen LogP contribution in [0.15, 0.2) is 34.9 Å². The Labute approximate surface area is 169 Å². The molecule has 0 spiro atoms. The number of hydrogen-bond donors (Lipinski definition) is 1. The van der Waals surface area contributed by atoms with Crippen LogP contribution in [0.2, 0.25) is 0 Å². The van der Waals surface area contributed by atoms with Crippen molar-refractivity contribution in [1.29, 1.82) is 0 Å². The van der Waals surface area contributed by atoms with Gasteiger partial charge in [-0.05, 0) is 19.4 Å². The van der Waals surface area contributed by atoms with Crippen molar-refractivity contribution >= 4 is 11.8 Å². The molecule has 156 valence electrons. The number of carbonyl (C=O) groups is 2. The minimum Gasteiger partial charge on any atom is -0.493 e. The molecule has 8 heteroatoms. The van der Waals surface area contributed by atoms with Crippen molar-refractivity contribution in [2.24, 2.45) is 5.73 Å². The number of ketones is 1. The summed E-state index contributed by atoms with van der Waals surface area (Å²) < 4.78 is 27.3. The van der Waals surface area contributed by atoms with Crippen LogP contribution in [0.4, 0.5) is 0 Å². The SMILES string of the molecule is CCOC(=O)C1=C(N)OC2=C(C(=O)CCC2)[C@@H]1c1ccc(OC)c(OC)c1OC. The lowest BCUT2D eigenvalue weighted by Crippen LogP contribution is -2.31. The Morgan fingerprint density at radius 1 is 1.14 bits per heavy atom. The van der Waals surface area contributed by atoms with Gasteiger partial charge in [0.05, 0.1) is 33.9 Å². The molecule has 1 aliphatic carbocycles. The molecule has 2 aliphatic rings. The number of benzene rings is 1. The number of carbonyl (C=O) groups excluding carboxylic acids is 2. The molecule has 2 N–H and O–H groups in total.